The molecule has 1 atom stereocenters. The Morgan fingerprint density at radius 3 is 2.48 bits per heavy atom. The van der Waals surface area contributed by atoms with Gasteiger partial charge in [-0.3, -0.25) is 9.59 Å². The van der Waals surface area contributed by atoms with E-state index in [0.717, 1.165) is 0 Å². The van der Waals surface area contributed by atoms with Gasteiger partial charge in [0.25, 0.3) is 10.0 Å². The van der Waals surface area contributed by atoms with Gasteiger partial charge in [0.05, 0.1) is 6.42 Å². The summed E-state index contributed by atoms with van der Waals surface area (Å²) in [6.07, 6.45) is 0.167. The van der Waals surface area contributed by atoms with Gasteiger partial charge in [-0.25, -0.2) is 18.1 Å². The molecule has 10 heteroatoms. The van der Waals surface area contributed by atoms with Crippen LogP contribution in [0, 0.1) is 6.92 Å². The third-order valence-corrected chi connectivity index (χ3v) is 5.37. The highest BCUT2D eigenvalue weighted by molar-refractivity contribution is 7.89. The molecule has 0 bridgehead atoms. The Bertz CT molecular complexity index is 918. The molecule has 0 unspecified atom stereocenters. The first-order chi connectivity index (χ1) is 12.6. The predicted octanol–water partition coefficient (Wildman–Crippen LogP) is 1.86. The maximum atomic E-state index is 12.2. The number of hydrogen-bond donors (Lipinski definition) is 1. The highest BCUT2D eigenvalue weighted by Gasteiger charge is 2.21. The molecule has 0 aliphatic carbocycles. The van der Waals surface area contributed by atoms with Crippen LogP contribution >= 0.6 is 11.6 Å². The van der Waals surface area contributed by atoms with Crippen molar-refractivity contribution in [1.82, 2.24) is 14.3 Å². The second-order valence-corrected chi connectivity index (χ2v) is 8.04. The molecule has 0 aliphatic heterocycles. The van der Waals surface area contributed by atoms with Gasteiger partial charge in [-0.2, -0.15) is 0 Å². The van der Waals surface area contributed by atoms with Crippen molar-refractivity contribution in [3.8, 4) is 0 Å². The minimum absolute atomic E-state index is 0.123. The summed E-state index contributed by atoms with van der Waals surface area (Å²) in [5.74, 6) is -0.515. The molecule has 146 valence electrons. The molecule has 1 aromatic carbocycles. The number of esters is 1. The van der Waals surface area contributed by atoms with Crippen LogP contribution in [0.4, 0.5) is 0 Å². The van der Waals surface area contributed by atoms with Crippen LogP contribution < -0.4 is 4.72 Å². The van der Waals surface area contributed by atoms with Crippen LogP contribution in [0.1, 0.15) is 29.5 Å². The number of carbonyl (C=O) groups is 2. The van der Waals surface area contributed by atoms with Crippen molar-refractivity contribution in [2.45, 2.75) is 31.4 Å². The number of nitrogens with one attached hydrogen (secondary N) is 1. The number of ketones is 1. The van der Waals surface area contributed by atoms with Crippen LogP contribution in [0.2, 0.25) is 5.02 Å². The molecule has 1 heterocycles. The van der Waals surface area contributed by atoms with Gasteiger partial charge in [0, 0.05) is 30.4 Å². The molecule has 0 fully saturated rings. The van der Waals surface area contributed by atoms with E-state index >= 15 is 0 Å². The van der Waals surface area contributed by atoms with Crippen LogP contribution in [0.25, 0.3) is 0 Å². The topological polar surface area (TPSA) is 107 Å². The zero-order valence-electron chi connectivity index (χ0n) is 15.1. The third kappa shape index (κ3) is 5.62. The van der Waals surface area contributed by atoms with Crippen molar-refractivity contribution in [1.29, 1.82) is 0 Å². The van der Waals surface area contributed by atoms with E-state index in [1.165, 1.54) is 25.3 Å². The highest BCUT2D eigenvalue weighted by Crippen LogP contribution is 2.13. The van der Waals surface area contributed by atoms with Crippen molar-refractivity contribution in [3.63, 3.8) is 0 Å². The Morgan fingerprint density at radius 1 is 1.30 bits per heavy atom. The Morgan fingerprint density at radius 2 is 1.93 bits per heavy atom. The van der Waals surface area contributed by atoms with Gasteiger partial charge in [-0.05, 0) is 38.1 Å². The number of imidazole rings is 1. The maximum Gasteiger partial charge on any atom is 0.307 e. The Balaban J connectivity index is 1.85. The van der Waals surface area contributed by atoms with E-state index in [-0.39, 0.29) is 23.8 Å². The van der Waals surface area contributed by atoms with E-state index in [2.05, 4.69) is 9.71 Å². The summed E-state index contributed by atoms with van der Waals surface area (Å²) in [6, 6.07) is 6.21. The second-order valence-electron chi connectivity index (χ2n) is 5.89. The Hall–Kier alpha value is -2.23. The van der Waals surface area contributed by atoms with Crippen molar-refractivity contribution in [3.05, 3.63) is 46.9 Å². The van der Waals surface area contributed by atoms with Crippen LogP contribution in [0.3, 0.4) is 0 Å². The molecule has 0 saturated heterocycles. The van der Waals surface area contributed by atoms with E-state index in [0.29, 0.717) is 16.4 Å². The van der Waals surface area contributed by atoms with Crippen LogP contribution in [0.15, 0.2) is 35.5 Å². The number of nitrogens with zero attached hydrogens (tertiary/aromatic N) is 2. The predicted molar refractivity (Wildman–Crippen MR) is 99.1 cm³/mol. The van der Waals surface area contributed by atoms with Crippen molar-refractivity contribution in [2.24, 2.45) is 7.05 Å². The van der Waals surface area contributed by atoms with E-state index in [4.69, 9.17) is 16.3 Å². The van der Waals surface area contributed by atoms with Crippen molar-refractivity contribution in [2.75, 3.05) is 6.54 Å². The zero-order valence-corrected chi connectivity index (χ0v) is 16.7. The number of aryl methyl sites for hydroxylation is 2. The largest absolute Gasteiger partial charge is 0.454 e. The van der Waals surface area contributed by atoms with E-state index < -0.39 is 22.1 Å². The molecule has 1 N–H and O–H groups in total. The fourth-order valence-corrected chi connectivity index (χ4v) is 3.37. The number of carbonyl (C=O) groups excluding carboxylic acids is 2. The first-order valence-corrected chi connectivity index (χ1v) is 9.95. The maximum absolute atomic E-state index is 12.2. The lowest BCUT2D eigenvalue weighted by molar-refractivity contribution is -0.146. The molecule has 0 spiro atoms. The van der Waals surface area contributed by atoms with Crippen LogP contribution in [-0.4, -0.2) is 42.4 Å². The van der Waals surface area contributed by atoms with E-state index in [1.54, 1.807) is 30.7 Å². The number of aromatic nitrogens is 2. The van der Waals surface area contributed by atoms with Gasteiger partial charge in [-0.1, -0.05) is 11.6 Å². The Labute approximate surface area is 162 Å². The first-order valence-electron chi connectivity index (χ1n) is 8.09. The molecule has 0 radical (unpaired) electrons. The number of Topliss-reactive ketones (excluding diaryl/α,β-unsaturated/α-hetero) is 1. The molecule has 0 aliphatic rings. The molecule has 1 aromatic heterocycles. The summed E-state index contributed by atoms with van der Waals surface area (Å²) in [5.41, 5.74) is 0.367. The molecule has 0 saturated carbocycles. The third-order valence-electron chi connectivity index (χ3n) is 3.79. The van der Waals surface area contributed by atoms with Gasteiger partial charge < -0.3 is 9.30 Å². The number of sulfonamides is 1. The van der Waals surface area contributed by atoms with E-state index in [9.17, 15) is 18.0 Å². The summed E-state index contributed by atoms with van der Waals surface area (Å²) in [5, 5.41) is 0.369. The number of ether oxygens (including phenoxy) is 1. The average molecular weight is 414 g/mol. The number of benzene rings is 1. The summed E-state index contributed by atoms with van der Waals surface area (Å²) >= 11 is 5.77. The molecule has 27 heavy (non-hydrogen) atoms. The average Bonchev–Trinajstić information content (AvgIpc) is 2.94. The van der Waals surface area contributed by atoms with Crippen molar-refractivity contribution >= 4 is 33.4 Å². The standard InChI is InChI=1S/C17H20ClN3O5S/c1-11(17(23)13-4-6-14(18)7-5-13)26-16(22)8-9-19-27(24,25)15-10-21(3)12(2)20-15/h4-7,10-11,19H,8-9H2,1-3H3/t11-/m0/s1. The minimum atomic E-state index is -3.82. The normalized spacial score (nSPS) is 12.6. The van der Waals surface area contributed by atoms with Gasteiger partial charge in [0.2, 0.25) is 5.78 Å². The van der Waals surface area contributed by atoms with E-state index in [1.807, 2.05) is 0 Å². The van der Waals surface area contributed by atoms with Crippen LogP contribution in [0.5, 0.6) is 0 Å². The molecular weight excluding hydrogens is 394 g/mol. The minimum Gasteiger partial charge on any atom is -0.454 e. The molecule has 2 aromatic rings. The first kappa shape index (κ1) is 21.1. The summed E-state index contributed by atoms with van der Waals surface area (Å²) in [7, 11) is -2.14. The smallest absolute Gasteiger partial charge is 0.307 e. The fourth-order valence-electron chi connectivity index (χ4n) is 2.18. The molecule has 0 amide bonds. The second kappa shape index (κ2) is 8.64. The van der Waals surface area contributed by atoms with Gasteiger partial charge in [0.15, 0.2) is 11.1 Å². The van der Waals surface area contributed by atoms with Gasteiger partial charge in [-0.15, -0.1) is 0 Å². The highest BCUT2D eigenvalue weighted by atomic mass is 35.5. The zero-order chi connectivity index (χ0) is 20.2. The van der Waals surface area contributed by atoms with Crippen molar-refractivity contribution < 1.29 is 22.7 Å². The monoisotopic (exact) mass is 413 g/mol. The van der Waals surface area contributed by atoms with Crippen LogP contribution in [-0.2, 0) is 26.6 Å². The molecule has 2 rings (SSSR count). The summed E-state index contributed by atoms with van der Waals surface area (Å²) in [6.45, 7) is 2.96. The SMILES string of the molecule is Cc1nc(S(=O)(=O)NCCC(=O)O[C@@H](C)C(=O)c2ccc(Cl)cc2)cn1C. The Kier molecular flexibility index (Phi) is 6.74. The summed E-state index contributed by atoms with van der Waals surface area (Å²) < 4.78 is 33.2. The number of halogens is 1. The molecule has 8 nitrogen and oxygen atoms in total. The fraction of sp³-hybridized carbons (Fsp3) is 0.353. The lowest BCUT2D eigenvalue weighted by Gasteiger charge is -2.12. The molecular formula is C17H20ClN3O5S. The lowest BCUT2D eigenvalue weighted by atomic mass is 10.1. The van der Waals surface area contributed by atoms with Gasteiger partial charge in [0.1, 0.15) is 5.82 Å². The number of rotatable bonds is 8. The lowest BCUT2D eigenvalue weighted by Crippen LogP contribution is -2.29. The van der Waals surface area contributed by atoms with Gasteiger partial charge >= 0.3 is 5.97 Å². The quantitative estimate of drug-likeness (QED) is 0.522. The summed E-state index contributed by atoms with van der Waals surface area (Å²) in [4.78, 5) is 28.0. The number of hydrogen-bond acceptors (Lipinski definition) is 6.